The summed E-state index contributed by atoms with van der Waals surface area (Å²) in [5, 5.41) is 10.1. The van der Waals surface area contributed by atoms with Crippen LogP contribution < -0.4 is 22.9 Å². The van der Waals surface area contributed by atoms with Crippen molar-refractivity contribution in [1.29, 1.82) is 0 Å². The van der Waals surface area contributed by atoms with E-state index in [0.717, 1.165) is 35.8 Å². The summed E-state index contributed by atoms with van der Waals surface area (Å²) >= 11 is 0. The fourth-order valence-electron chi connectivity index (χ4n) is 8.06. The van der Waals surface area contributed by atoms with Gasteiger partial charge in [-0.25, -0.2) is 19.6 Å². The predicted octanol–water partition coefficient (Wildman–Crippen LogP) is 0.802. The summed E-state index contributed by atoms with van der Waals surface area (Å²) in [4.78, 5) is 38.6. The van der Waals surface area contributed by atoms with Gasteiger partial charge in [-0.3, -0.25) is 0 Å². The zero-order valence-electron chi connectivity index (χ0n) is 26.8. The highest BCUT2D eigenvalue weighted by Crippen LogP contribution is 2.63. The Balaban J connectivity index is 0.988. The zero-order chi connectivity index (χ0) is 34.6. The van der Waals surface area contributed by atoms with Crippen LogP contribution in [0.15, 0.2) is 31.2 Å². The molecule has 2 saturated carbocycles. The normalized spacial score (nSPS) is 28.7. The fraction of sp³-hybridized carbons (Fsp3) is 0.643. The van der Waals surface area contributed by atoms with Gasteiger partial charge in [0, 0.05) is 25.2 Å². The van der Waals surface area contributed by atoms with E-state index in [1.807, 2.05) is 0 Å². The number of carbonyl (C=O) groups is 2. The number of guanidine groups is 2. The van der Waals surface area contributed by atoms with Crippen molar-refractivity contribution >= 4 is 34.4 Å². The molecule has 4 amide bonds. The van der Waals surface area contributed by atoms with Crippen molar-refractivity contribution in [1.82, 2.24) is 30.2 Å². The Kier molecular flexibility index (Phi) is 6.90. The predicted molar refractivity (Wildman–Crippen MR) is 166 cm³/mol. The molecular weight excluding hydrogens is 664 g/mol. The number of nitrogens with zero attached hydrogens (tertiary/aromatic N) is 8. The lowest BCUT2D eigenvalue weighted by Crippen LogP contribution is -2.45. The molecular formula is C28H38N12O8S. The van der Waals surface area contributed by atoms with Crippen molar-refractivity contribution in [3.63, 3.8) is 0 Å². The van der Waals surface area contributed by atoms with E-state index in [1.165, 1.54) is 9.80 Å². The second-order valence-electron chi connectivity index (χ2n) is 14.0. The average molecular weight is 703 g/mol. The van der Waals surface area contributed by atoms with Crippen molar-refractivity contribution in [2.24, 2.45) is 43.7 Å². The molecule has 264 valence electrons. The molecule has 6 heterocycles. The Morgan fingerprint density at radius 3 is 1.53 bits per heavy atom. The summed E-state index contributed by atoms with van der Waals surface area (Å²) < 4.78 is 48.9. The van der Waals surface area contributed by atoms with Crippen LogP contribution in [-0.2, 0) is 19.0 Å². The Morgan fingerprint density at radius 2 is 1.18 bits per heavy atom. The van der Waals surface area contributed by atoms with E-state index in [1.54, 1.807) is 26.0 Å². The number of amides is 4. The van der Waals surface area contributed by atoms with Crippen molar-refractivity contribution in [3.8, 4) is 0 Å². The van der Waals surface area contributed by atoms with Crippen molar-refractivity contribution < 1.29 is 35.6 Å². The van der Waals surface area contributed by atoms with Crippen molar-refractivity contribution in [2.75, 3.05) is 13.1 Å². The molecule has 2 spiro atoms. The molecule has 4 saturated heterocycles. The zero-order valence-corrected chi connectivity index (χ0v) is 27.7. The molecule has 20 nitrogen and oxygen atoms in total. The number of fused-ring (bicyclic) bond motifs is 6. The number of nitrogens with two attached hydrogens (primary N) is 4. The van der Waals surface area contributed by atoms with Crippen LogP contribution in [-0.4, -0.2) is 87.8 Å². The van der Waals surface area contributed by atoms with Gasteiger partial charge < -0.3 is 41.8 Å². The fourth-order valence-corrected chi connectivity index (χ4v) is 8.81. The monoisotopic (exact) mass is 702 g/mol. The van der Waals surface area contributed by atoms with Gasteiger partial charge in [0.1, 0.15) is 23.5 Å². The van der Waals surface area contributed by atoms with Gasteiger partial charge in [0.05, 0.1) is 24.2 Å². The lowest BCUT2D eigenvalue weighted by Gasteiger charge is -2.36. The van der Waals surface area contributed by atoms with Gasteiger partial charge in [0.2, 0.25) is 0 Å². The molecule has 49 heavy (non-hydrogen) atoms. The second kappa shape index (κ2) is 10.7. The van der Waals surface area contributed by atoms with Gasteiger partial charge in [-0.1, -0.05) is 10.3 Å². The first-order chi connectivity index (χ1) is 23.2. The number of rotatable bonds is 10. The Hall–Kier alpha value is -4.63. The van der Waals surface area contributed by atoms with E-state index in [9.17, 15) is 18.0 Å². The molecule has 4 aliphatic heterocycles. The Labute approximate surface area is 280 Å². The molecule has 2 aromatic rings. The smallest absolute Gasteiger partial charge is 0.370 e. The molecule has 4 bridgehead atoms. The first-order valence-electron chi connectivity index (χ1n) is 16.1. The number of hydrogen-bond acceptors (Lipinski definition) is 12. The molecule has 2 unspecified atom stereocenters. The second-order valence-corrected chi connectivity index (χ2v) is 15.2. The molecule has 21 heteroatoms. The maximum Gasteiger partial charge on any atom is 0.442 e. The van der Waals surface area contributed by atoms with Gasteiger partial charge in [-0.15, -0.1) is 8.57 Å². The molecule has 6 atom stereocenters. The van der Waals surface area contributed by atoms with Crippen LogP contribution in [0, 0.1) is 10.8 Å². The molecule has 2 aromatic heterocycles. The third kappa shape index (κ3) is 5.21. The van der Waals surface area contributed by atoms with Gasteiger partial charge >= 0.3 is 22.5 Å². The van der Waals surface area contributed by atoms with Gasteiger partial charge in [0.15, 0.2) is 23.4 Å². The third-order valence-electron chi connectivity index (χ3n) is 11.0. The van der Waals surface area contributed by atoms with Crippen LogP contribution in [0.2, 0.25) is 0 Å². The highest BCUT2D eigenvalue weighted by Gasteiger charge is 2.66. The lowest BCUT2D eigenvalue weighted by molar-refractivity contribution is -0.101. The summed E-state index contributed by atoms with van der Waals surface area (Å²) in [5.74, 6) is 0.637. The average Bonchev–Trinajstić information content (AvgIpc) is 3.71. The van der Waals surface area contributed by atoms with Crippen LogP contribution >= 0.6 is 0 Å². The maximum absolute atomic E-state index is 13.7. The number of aliphatic imine (C=N–C) groups is 2. The summed E-state index contributed by atoms with van der Waals surface area (Å²) in [7, 11) is -4.93. The van der Waals surface area contributed by atoms with Gasteiger partial charge in [-0.05, 0) is 63.2 Å². The van der Waals surface area contributed by atoms with Crippen molar-refractivity contribution in [3.05, 3.63) is 35.0 Å². The van der Waals surface area contributed by atoms with Crippen LogP contribution in [0.25, 0.3) is 0 Å². The lowest BCUT2D eigenvalue weighted by atomic mass is 9.84. The quantitative estimate of drug-likeness (QED) is 0.197. The van der Waals surface area contributed by atoms with E-state index in [2.05, 4.69) is 20.3 Å². The van der Waals surface area contributed by atoms with E-state index in [0.29, 0.717) is 35.7 Å². The molecule has 6 fully saturated rings. The first kappa shape index (κ1) is 31.6. The largest absolute Gasteiger partial charge is 0.442 e. The summed E-state index contributed by atoms with van der Waals surface area (Å²) in [5.41, 5.74) is 22.3. The minimum absolute atomic E-state index is 0.101. The van der Waals surface area contributed by atoms with E-state index < -0.39 is 58.7 Å². The highest BCUT2D eigenvalue weighted by molar-refractivity contribution is 7.81. The van der Waals surface area contributed by atoms with Gasteiger partial charge in [0.25, 0.3) is 0 Å². The minimum atomic E-state index is -4.93. The number of hydroxylamine groups is 4. The summed E-state index contributed by atoms with van der Waals surface area (Å²) in [6.45, 7) is 3.92. The maximum atomic E-state index is 13.7. The number of hydrogen-bond donors (Lipinski definition) is 4. The van der Waals surface area contributed by atoms with E-state index in [-0.39, 0.29) is 35.8 Å². The van der Waals surface area contributed by atoms with Gasteiger partial charge in [-0.2, -0.15) is 18.5 Å². The van der Waals surface area contributed by atoms with Crippen LogP contribution in [0.1, 0.15) is 99.4 Å². The highest BCUT2D eigenvalue weighted by atomic mass is 32.3. The standard InChI is InChI=1S/C28H38N12O8S/c1-13(33-23(29)30)19-7-15(35-45-19)17-9-27(3-4-27)21-11-37(17)25(41)39(21)47-49(43,44)48-40-22-12-38(26(40)42)18(10-28(22)5-6-28)16-8-20(46-36-16)14(2)34-24(31)32/h7-8,13-14,17-18,21-22H,3-6,9-12H2,1-2H3,(H4,29,30,33)(H4,31,32,34)/t13?,14?,17-,18-,21-,22-/m0/s1. The van der Waals surface area contributed by atoms with Crippen LogP contribution in [0.5, 0.6) is 0 Å². The van der Waals surface area contributed by atoms with Crippen molar-refractivity contribution in [2.45, 2.75) is 88.6 Å². The molecule has 8 N–H and O–H groups in total. The number of carbonyl (C=O) groups excluding carboxylic acids is 2. The minimum Gasteiger partial charge on any atom is -0.370 e. The molecule has 6 aliphatic rings. The summed E-state index contributed by atoms with van der Waals surface area (Å²) in [6.07, 6.45) is 4.15. The number of aromatic nitrogens is 2. The SMILES string of the molecule is CC(N=C(N)N)c1cc([C@@H]2CC3(CC3)[C@@H]3CN2C(=O)N3OS(=O)(=O)ON2C(=O)N3C[C@H]2C2(CC2)C[C@H]3c2cc(C(C)N=C(N)N)on2)no1. The Bertz CT molecular complexity index is 1730. The number of urea groups is 2. The summed E-state index contributed by atoms with van der Waals surface area (Å²) in [6, 6.07) is -0.929. The first-order valence-corrected chi connectivity index (χ1v) is 17.5. The van der Waals surface area contributed by atoms with Crippen LogP contribution in [0.3, 0.4) is 0 Å². The van der Waals surface area contributed by atoms with E-state index >= 15 is 0 Å². The molecule has 0 radical (unpaired) electrons. The van der Waals surface area contributed by atoms with E-state index in [4.69, 9.17) is 40.5 Å². The molecule has 2 aliphatic carbocycles. The molecule has 8 rings (SSSR count). The topological polar surface area (TPSA) is 281 Å². The Morgan fingerprint density at radius 1 is 0.796 bits per heavy atom. The third-order valence-corrected chi connectivity index (χ3v) is 11.6. The number of piperidine rings is 2. The van der Waals surface area contributed by atoms with Crippen LogP contribution in [0.4, 0.5) is 9.59 Å². The molecule has 0 aromatic carbocycles.